The van der Waals surface area contributed by atoms with Crippen LogP contribution in [0.5, 0.6) is 5.75 Å². The van der Waals surface area contributed by atoms with Gasteiger partial charge in [-0.1, -0.05) is 17.7 Å². The van der Waals surface area contributed by atoms with Gasteiger partial charge in [0.1, 0.15) is 18.5 Å². The number of ether oxygens (including phenoxy) is 1. The van der Waals surface area contributed by atoms with Crippen molar-refractivity contribution in [2.75, 3.05) is 26.2 Å². The molecule has 3 unspecified atom stereocenters. The predicted octanol–water partition coefficient (Wildman–Crippen LogP) is 1.91. The summed E-state index contributed by atoms with van der Waals surface area (Å²) in [6, 6.07) is 8.45. The lowest BCUT2D eigenvalue weighted by atomic mass is 10.1. The second kappa shape index (κ2) is 6.97. The van der Waals surface area contributed by atoms with Gasteiger partial charge < -0.3 is 15.2 Å². The maximum absolute atomic E-state index is 10.0. The Morgan fingerprint density at radius 3 is 3.14 bits per heavy atom. The molecule has 0 bridgehead atoms. The molecule has 0 radical (unpaired) electrons. The molecule has 2 heterocycles. The number of fused-ring (bicyclic) bond motifs is 1. The maximum Gasteiger partial charge on any atom is 0.120 e. The third-order valence-corrected chi connectivity index (χ3v) is 4.70. The number of rotatable bonds is 6. The standard InChI is InChI=1S/C16H23ClN2O2/c17-12-3-1-4-14(9-12)21-11-13(20)10-18-15-6-8-19-7-2-5-16(15)19/h1,3-4,9,13,15-16,18,20H,2,5-8,10-11H2. The van der Waals surface area contributed by atoms with Gasteiger partial charge in [0.25, 0.3) is 0 Å². The number of aliphatic hydroxyl groups is 1. The van der Waals surface area contributed by atoms with E-state index >= 15 is 0 Å². The SMILES string of the molecule is OC(CNC1CCN2CCCC12)COc1cccc(Cl)c1. The smallest absolute Gasteiger partial charge is 0.120 e. The number of hydrogen-bond acceptors (Lipinski definition) is 4. The zero-order chi connectivity index (χ0) is 14.7. The third-order valence-electron chi connectivity index (χ3n) is 4.46. The summed E-state index contributed by atoms with van der Waals surface area (Å²) >= 11 is 5.90. The lowest BCUT2D eigenvalue weighted by Crippen LogP contribution is -2.43. The minimum Gasteiger partial charge on any atom is -0.491 e. The minimum atomic E-state index is -0.501. The Labute approximate surface area is 131 Å². The average Bonchev–Trinajstić information content (AvgIpc) is 3.06. The van der Waals surface area contributed by atoms with Crippen molar-refractivity contribution >= 4 is 11.6 Å². The fraction of sp³-hybridized carbons (Fsp3) is 0.625. The molecule has 2 saturated heterocycles. The summed E-state index contributed by atoms with van der Waals surface area (Å²) in [5.41, 5.74) is 0. The highest BCUT2D eigenvalue weighted by molar-refractivity contribution is 6.30. The average molecular weight is 311 g/mol. The molecule has 2 fully saturated rings. The summed E-state index contributed by atoms with van der Waals surface area (Å²) < 4.78 is 5.57. The highest BCUT2D eigenvalue weighted by atomic mass is 35.5. The van der Waals surface area contributed by atoms with Crippen molar-refractivity contribution < 1.29 is 9.84 Å². The maximum atomic E-state index is 10.0. The number of halogens is 1. The van der Waals surface area contributed by atoms with Crippen LogP contribution in [0, 0.1) is 0 Å². The van der Waals surface area contributed by atoms with Crippen LogP contribution < -0.4 is 10.1 Å². The molecule has 3 rings (SSSR count). The Morgan fingerprint density at radius 1 is 1.38 bits per heavy atom. The molecule has 0 aromatic heterocycles. The van der Waals surface area contributed by atoms with Gasteiger partial charge in [0.15, 0.2) is 0 Å². The Morgan fingerprint density at radius 2 is 2.29 bits per heavy atom. The number of aliphatic hydroxyl groups excluding tert-OH is 1. The predicted molar refractivity (Wildman–Crippen MR) is 84.0 cm³/mol. The summed E-state index contributed by atoms with van der Waals surface area (Å²) in [4.78, 5) is 2.56. The number of benzene rings is 1. The van der Waals surface area contributed by atoms with Crippen LogP contribution in [-0.2, 0) is 0 Å². The third kappa shape index (κ3) is 3.89. The van der Waals surface area contributed by atoms with Gasteiger partial charge in [0.05, 0.1) is 0 Å². The Hall–Kier alpha value is -0.810. The quantitative estimate of drug-likeness (QED) is 0.842. The van der Waals surface area contributed by atoms with Crippen molar-refractivity contribution in [1.82, 2.24) is 10.2 Å². The van der Waals surface area contributed by atoms with Crippen molar-refractivity contribution in [3.05, 3.63) is 29.3 Å². The molecule has 21 heavy (non-hydrogen) atoms. The minimum absolute atomic E-state index is 0.286. The fourth-order valence-corrected chi connectivity index (χ4v) is 3.60. The Balaban J connectivity index is 1.39. The zero-order valence-electron chi connectivity index (χ0n) is 12.2. The summed E-state index contributed by atoms with van der Waals surface area (Å²) in [7, 11) is 0. The van der Waals surface area contributed by atoms with Gasteiger partial charge in [-0.05, 0) is 44.0 Å². The van der Waals surface area contributed by atoms with Gasteiger partial charge in [-0.2, -0.15) is 0 Å². The van der Waals surface area contributed by atoms with Crippen LogP contribution in [0.3, 0.4) is 0 Å². The van der Waals surface area contributed by atoms with E-state index in [-0.39, 0.29) is 6.61 Å². The summed E-state index contributed by atoms with van der Waals surface area (Å²) in [6.07, 6.45) is 3.28. The molecular weight excluding hydrogens is 288 g/mol. The summed E-state index contributed by atoms with van der Waals surface area (Å²) in [6.45, 7) is 3.30. The molecule has 2 aliphatic heterocycles. The molecule has 3 atom stereocenters. The van der Waals surface area contributed by atoms with E-state index in [1.807, 2.05) is 12.1 Å². The fourth-order valence-electron chi connectivity index (χ4n) is 3.42. The van der Waals surface area contributed by atoms with E-state index < -0.39 is 6.10 Å². The van der Waals surface area contributed by atoms with E-state index in [0.29, 0.717) is 29.4 Å². The molecule has 5 heteroatoms. The molecule has 2 N–H and O–H groups in total. The highest BCUT2D eigenvalue weighted by Gasteiger charge is 2.36. The molecule has 116 valence electrons. The van der Waals surface area contributed by atoms with E-state index in [4.69, 9.17) is 16.3 Å². The second-order valence-electron chi connectivity index (χ2n) is 5.97. The molecule has 0 saturated carbocycles. The number of nitrogens with zero attached hydrogens (tertiary/aromatic N) is 1. The summed E-state index contributed by atoms with van der Waals surface area (Å²) in [5.74, 6) is 0.699. The van der Waals surface area contributed by atoms with Crippen molar-refractivity contribution in [2.24, 2.45) is 0 Å². The first-order valence-electron chi connectivity index (χ1n) is 7.76. The summed E-state index contributed by atoms with van der Waals surface area (Å²) in [5, 5.41) is 14.2. The van der Waals surface area contributed by atoms with E-state index in [1.165, 1.54) is 32.4 Å². The van der Waals surface area contributed by atoms with Crippen molar-refractivity contribution in [2.45, 2.75) is 37.5 Å². The topological polar surface area (TPSA) is 44.7 Å². The Kier molecular flexibility index (Phi) is 5.01. The molecule has 4 nitrogen and oxygen atoms in total. The van der Waals surface area contributed by atoms with Gasteiger partial charge in [-0.3, -0.25) is 4.90 Å². The van der Waals surface area contributed by atoms with Crippen molar-refractivity contribution in [3.63, 3.8) is 0 Å². The zero-order valence-corrected chi connectivity index (χ0v) is 12.9. The second-order valence-corrected chi connectivity index (χ2v) is 6.41. The molecule has 0 spiro atoms. The van der Waals surface area contributed by atoms with Crippen LogP contribution in [0.1, 0.15) is 19.3 Å². The van der Waals surface area contributed by atoms with Crippen LogP contribution >= 0.6 is 11.6 Å². The molecule has 0 aliphatic carbocycles. The van der Waals surface area contributed by atoms with E-state index in [1.54, 1.807) is 12.1 Å². The van der Waals surface area contributed by atoms with Gasteiger partial charge in [-0.25, -0.2) is 0 Å². The van der Waals surface area contributed by atoms with Gasteiger partial charge >= 0.3 is 0 Å². The number of hydrogen-bond donors (Lipinski definition) is 2. The van der Waals surface area contributed by atoms with E-state index in [0.717, 1.165) is 0 Å². The monoisotopic (exact) mass is 310 g/mol. The lowest BCUT2D eigenvalue weighted by molar-refractivity contribution is 0.102. The van der Waals surface area contributed by atoms with Gasteiger partial charge in [0.2, 0.25) is 0 Å². The van der Waals surface area contributed by atoms with Gasteiger partial charge in [0, 0.05) is 30.2 Å². The van der Waals surface area contributed by atoms with Gasteiger partial charge in [-0.15, -0.1) is 0 Å². The molecule has 2 aliphatic rings. The van der Waals surface area contributed by atoms with Crippen LogP contribution in [0.15, 0.2) is 24.3 Å². The first kappa shape index (κ1) is 15.1. The van der Waals surface area contributed by atoms with E-state index in [9.17, 15) is 5.11 Å². The molecule has 0 amide bonds. The number of nitrogens with one attached hydrogen (secondary N) is 1. The highest BCUT2D eigenvalue weighted by Crippen LogP contribution is 2.27. The van der Waals surface area contributed by atoms with Crippen LogP contribution in [-0.4, -0.2) is 54.4 Å². The normalized spacial score (nSPS) is 26.8. The lowest BCUT2D eigenvalue weighted by Gasteiger charge is -2.22. The largest absolute Gasteiger partial charge is 0.491 e. The first-order chi connectivity index (χ1) is 10.2. The van der Waals surface area contributed by atoms with Crippen LogP contribution in [0.25, 0.3) is 0 Å². The molecule has 1 aromatic carbocycles. The molecular formula is C16H23ClN2O2. The van der Waals surface area contributed by atoms with Crippen LogP contribution in [0.2, 0.25) is 5.02 Å². The van der Waals surface area contributed by atoms with E-state index in [2.05, 4.69) is 10.2 Å². The van der Waals surface area contributed by atoms with Crippen molar-refractivity contribution in [1.29, 1.82) is 0 Å². The first-order valence-corrected chi connectivity index (χ1v) is 8.14. The van der Waals surface area contributed by atoms with Crippen LogP contribution in [0.4, 0.5) is 0 Å². The van der Waals surface area contributed by atoms with Crippen molar-refractivity contribution in [3.8, 4) is 5.75 Å². The Bertz CT molecular complexity index is 471. The molecule has 1 aromatic rings.